The first kappa shape index (κ1) is 14.1. The minimum atomic E-state index is 0.284. The molecule has 0 spiro atoms. The molecule has 3 nitrogen and oxygen atoms in total. The first-order valence-corrected chi connectivity index (χ1v) is 7.01. The Morgan fingerprint density at radius 3 is 3.00 bits per heavy atom. The van der Waals surface area contributed by atoms with Crippen LogP contribution in [-0.2, 0) is 6.54 Å². The lowest BCUT2D eigenvalue weighted by Crippen LogP contribution is -2.33. The van der Waals surface area contributed by atoms with Gasteiger partial charge in [0.2, 0.25) is 0 Å². The number of ether oxygens (including phenoxy) is 1. The van der Waals surface area contributed by atoms with Gasteiger partial charge in [-0.2, -0.15) is 0 Å². The highest BCUT2D eigenvalue weighted by Gasteiger charge is 2.26. The molecule has 2 atom stereocenters. The van der Waals surface area contributed by atoms with Crippen molar-refractivity contribution in [2.75, 3.05) is 13.2 Å². The Labute approximate surface area is 115 Å². The third-order valence-corrected chi connectivity index (χ3v) is 3.78. The molecular formula is C16H23NO2. The fraction of sp³-hybridized carbons (Fsp3) is 0.500. The second-order valence-electron chi connectivity index (χ2n) is 5.07. The van der Waals surface area contributed by atoms with E-state index in [0.717, 1.165) is 30.7 Å². The molecular weight excluding hydrogens is 238 g/mol. The third-order valence-electron chi connectivity index (χ3n) is 3.78. The van der Waals surface area contributed by atoms with Crippen molar-refractivity contribution in [3.05, 3.63) is 42.5 Å². The van der Waals surface area contributed by atoms with Crippen molar-refractivity contribution in [2.45, 2.75) is 31.8 Å². The summed E-state index contributed by atoms with van der Waals surface area (Å²) in [7, 11) is 0. The Kier molecular flexibility index (Phi) is 5.43. The van der Waals surface area contributed by atoms with Crippen LogP contribution in [-0.4, -0.2) is 24.4 Å². The van der Waals surface area contributed by atoms with Crippen LogP contribution in [0.2, 0.25) is 0 Å². The van der Waals surface area contributed by atoms with E-state index in [4.69, 9.17) is 4.74 Å². The molecule has 0 radical (unpaired) electrons. The van der Waals surface area contributed by atoms with Crippen LogP contribution in [0.3, 0.4) is 0 Å². The fourth-order valence-corrected chi connectivity index (χ4v) is 2.70. The van der Waals surface area contributed by atoms with Gasteiger partial charge < -0.3 is 15.2 Å². The van der Waals surface area contributed by atoms with E-state index in [9.17, 15) is 5.11 Å². The van der Waals surface area contributed by atoms with Crippen LogP contribution in [0.5, 0.6) is 5.75 Å². The Bertz CT molecular complexity index is 405. The molecule has 1 fully saturated rings. The second-order valence-corrected chi connectivity index (χ2v) is 5.07. The van der Waals surface area contributed by atoms with E-state index in [2.05, 4.69) is 18.0 Å². The van der Waals surface area contributed by atoms with E-state index in [1.165, 1.54) is 6.42 Å². The molecule has 3 heteroatoms. The van der Waals surface area contributed by atoms with Crippen molar-refractivity contribution in [1.29, 1.82) is 0 Å². The number of hydrogen-bond acceptors (Lipinski definition) is 3. The number of aliphatic hydroxyl groups is 1. The lowest BCUT2D eigenvalue weighted by molar-refractivity contribution is 0.205. The Balaban J connectivity index is 1.93. The van der Waals surface area contributed by atoms with Gasteiger partial charge in [0.25, 0.3) is 0 Å². The SMILES string of the molecule is C=CCOc1ccccc1CNC1CCCC1CO. The van der Waals surface area contributed by atoms with Gasteiger partial charge in [0.05, 0.1) is 0 Å². The predicted molar refractivity (Wildman–Crippen MR) is 77.2 cm³/mol. The van der Waals surface area contributed by atoms with Gasteiger partial charge in [-0.3, -0.25) is 0 Å². The predicted octanol–water partition coefficient (Wildman–Crippen LogP) is 2.50. The number of rotatable bonds is 7. The number of benzene rings is 1. The molecule has 0 aliphatic heterocycles. The van der Waals surface area contributed by atoms with E-state index < -0.39 is 0 Å². The quantitative estimate of drug-likeness (QED) is 0.741. The molecule has 2 unspecified atom stereocenters. The molecule has 0 heterocycles. The molecule has 1 aromatic rings. The van der Waals surface area contributed by atoms with E-state index >= 15 is 0 Å². The molecule has 2 rings (SSSR count). The average molecular weight is 261 g/mol. The standard InChI is InChI=1S/C16H23NO2/c1-2-10-19-16-9-4-3-6-13(16)11-17-15-8-5-7-14(15)12-18/h2-4,6,9,14-15,17-18H,1,5,7-8,10-12H2. The summed E-state index contributed by atoms with van der Waals surface area (Å²) in [6.07, 6.45) is 5.24. The fourth-order valence-electron chi connectivity index (χ4n) is 2.70. The first-order chi connectivity index (χ1) is 9.35. The van der Waals surface area contributed by atoms with Gasteiger partial charge in [0.15, 0.2) is 0 Å². The van der Waals surface area contributed by atoms with E-state index in [0.29, 0.717) is 18.6 Å². The largest absolute Gasteiger partial charge is 0.489 e. The summed E-state index contributed by atoms with van der Waals surface area (Å²) < 4.78 is 5.65. The van der Waals surface area contributed by atoms with E-state index in [-0.39, 0.29) is 6.61 Å². The van der Waals surface area contributed by atoms with Gasteiger partial charge in [0, 0.05) is 24.8 Å². The van der Waals surface area contributed by atoms with Crippen molar-refractivity contribution in [1.82, 2.24) is 5.32 Å². The monoisotopic (exact) mass is 261 g/mol. The molecule has 0 amide bonds. The summed E-state index contributed by atoms with van der Waals surface area (Å²) >= 11 is 0. The summed E-state index contributed by atoms with van der Waals surface area (Å²) in [5, 5.41) is 12.9. The average Bonchev–Trinajstić information content (AvgIpc) is 2.91. The first-order valence-electron chi connectivity index (χ1n) is 7.01. The molecule has 19 heavy (non-hydrogen) atoms. The third kappa shape index (κ3) is 3.82. The van der Waals surface area contributed by atoms with Gasteiger partial charge in [-0.15, -0.1) is 0 Å². The Morgan fingerprint density at radius 2 is 2.21 bits per heavy atom. The highest BCUT2D eigenvalue weighted by Crippen LogP contribution is 2.26. The molecule has 0 bridgehead atoms. The minimum absolute atomic E-state index is 0.284. The zero-order valence-corrected chi connectivity index (χ0v) is 11.3. The lowest BCUT2D eigenvalue weighted by atomic mass is 10.0. The van der Waals surface area contributed by atoms with Crippen LogP contribution in [0.25, 0.3) is 0 Å². The van der Waals surface area contributed by atoms with Crippen molar-refractivity contribution < 1.29 is 9.84 Å². The summed E-state index contributed by atoms with van der Waals surface area (Å²) in [5.41, 5.74) is 1.16. The highest BCUT2D eigenvalue weighted by atomic mass is 16.5. The summed E-state index contributed by atoms with van der Waals surface area (Å²) in [4.78, 5) is 0. The van der Waals surface area contributed by atoms with Crippen LogP contribution in [0.15, 0.2) is 36.9 Å². The van der Waals surface area contributed by atoms with Crippen molar-refractivity contribution in [3.8, 4) is 5.75 Å². The second kappa shape index (κ2) is 7.31. The highest BCUT2D eigenvalue weighted by molar-refractivity contribution is 5.33. The maximum atomic E-state index is 9.33. The van der Waals surface area contributed by atoms with E-state index in [1.807, 2.05) is 18.2 Å². The lowest BCUT2D eigenvalue weighted by Gasteiger charge is -2.20. The molecule has 104 valence electrons. The molecule has 0 saturated heterocycles. The molecule has 2 N–H and O–H groups in total. The topological polar surface area (TPSA) is 41.5 Å². The molecule has 0 aromatic heterocycles. The minimum Gasteiger partial charge on any atom is -0.489 e. The van der Waals surface area contributed by atoms with Crippen LogP contribution in [0.1, 0.15) is 24.8 Å². The van der Waals surface area contributed by atoms with Crippen molar-refractivity contribution in [2.24, 2.45) is 5.92 Å². The maximum absolute atomic E-state index is 9.33. The molecule has 1 saturated carbocycles. The van der Waals surface area contributed by atoms with Crippen LogP contribution < -0.4 is 10.1 Å². The Hall–Kier alpha value is -1.32. The van der Waals surface area contributed by atoms with Crippen LogP contribution >= 0.6 is 0 Å². The summed E-state index contributed by atoms with van der Waals surface area (Å²) in [6, 6.07) is 8.49. The molecule has 1 aliphatic rings. The number of hydrogen-bond donors (Lipinski definition) is 2. The molecule has 1 aromatic carbocycles. The number of para-hydroxylation sites is 1. The number of aliphatic hydroxyl groups excluding tert-OH is 1. The maximum Gasteiger partial charge on any atom is 0.124 e. The number of nitrogens with one attached hydrogen (secondary N) is 1. The zero-order valence-electron chi connectivity index (χ0n) is 11.3. The summed E-state index contributed by atoms with van der Waals surface area (Å²) in [5.74, 6) is 1.31. The zero-order chi connectivity index (χ0) is 13.5. The van der Waals surface area contributed by atoms with Crippen LogP contribution in [0.4, 0.5) is 0 Å². The van der Waals surface area contributed by atoms with Crippen molar-refractivity contribution >= 4 is 0 Å². The Morgan fingerprint density at radius 1 is 1.37 bits per heavy atom. The normalized spacial score (nSPS) is 22.4. The summed E-state index contributed by atoms with van der Waals surface area (Å²) in [6.45, 7) is 5.26. The van der Waals surface area contributed by atoms with Crippen LogP contribution in [0, 0.1) is 5.92 Å². The molecule has 1 aliphatic carbocycles. The van der Waals surface area contributed by atoms with Gasteiger partial charge >= 0.3 is 0 Å². The van der Waals surface area contributed by atoms with Crippen molar-refractivity contribution in [3.63, 3.8) is 0 Å². The van der Waals surface area contributed by atoms with Gasteiger partial charge in [-0.1, -0.05) is 37.3 Å². The van der Waals surface area contributed by atoms with Gasteiger partial charge in [-0.05, 0) is 24.8 Å². The van der Waals surface area contributed by atoms with Gasteiger partial charge in [0.1, 0.15) is 12.4 Å². The smallest absolute Gasteiger partial charge is 0.124 e. The van der Waals surface area contributed by atoms with Gasteiger partial charge in [-0.25, -0.2) is 0 Å². The van der Waals surface area contributed by atoms with E-state index in [1.54, 1.807) is 6.08 Å².